The number of allylic oxidation sites excluding steroid dienone is 4. The Bertz CT molecular complexity index is 625. The van der Waals surface area contributed by atoms with Crippen molar-refractivity contribution >= 4 is 20.3 Å². The predicted octanol–water partition coefficient (Wildman–Crippen LogP) is 1.31. The van der Waals surface area contributed by atoms with E-state index in [9.17, 15) is 0 Å². The second-order valence-electron chi connectivity index (χ2n) is 4.74. The average molecular weight is 255 g/mol. The molecule has 2 aromatic rings. The quantitative estimate of drug-likeness (QED) is 0.710. The molecule has 0 nitrogen and oxygen atoms in total. The van der Waals surface area contributed by atoms with Crippen LogP contribution in [0.5, 0.6) is 0 Å². The van der Waals surface area contributed by atoms with Crippen LogP contribution in [0.1, 0.15) is 12.0 Å². The molecule has 1 aliphatic rings. The predicted molar refractivity (Wildman–Crippen MR) is 80.1 cm³/mol. The number of benzene rings is 2. The van der Waals surface area contributed by atoms with Gasteiger partial charge in [0, 0.05) is 0 Å². The molecule has 89 valence electrons. The molecule has 0 aromatic heterocycles. The van der Waals surface area contributed by atoms with Gasteiger partial charge in [-0.15, -0.1) is 11.1 Å². The van der Waals surface area contributed by atoms with Gasteiger partial charge in [0.2, 0.25) is 0 Å². The van der Waals surface area contributed by atoms with Crippen molar-refractivity contribution in [1.29, 1.82) is 0 Å². The molecule has 1 radical (unpaired) electrons. The summed E-state index contributed by atoms with van der Waals surface area (Å²) in [7, 11) is 0.880. The summed E-state index contributed by atoms with van der Waals surface area (Å²) >= 11 is 0. The minimum absolute atomic E-state index is 0. The Balaban J connectivity index is 0.00000133. The maximum atomic E-state index is 2.38. The molecule has 1 unspecified atom stereocenters. The molecule has 19 heavy (non-hydrogen) atoms. The number of hydrogen-bond donors (Lipinski definition) is 0. The zero-order valence-electron chi connectivity index (χ0n) is 11.6. The summed E-state index contributed by atoms with van der Waals surface area (Å²) in [6.45, 7) is 2.31. The van der Waals surface area contributed by atoms with Crippen LogP contribution in [-0.2, 0) is 5.04 Å². The molecule has 0 N–H and O–H groups in total. The molecule has 0 saturated heterocycles. The zero-order valence-corrected chi connectivity index (χ0v) is 12.6. The summed E-state index contributed by atoms with van der Waals surface area (Å²) in [6.07, 6.45) is 10.1. The second-order valence-corrected chi connectivity index (χ2v) is 6.13. The normalized spacial score (nSPS) is 21.3. The van der Waals surface area contributed by atoms with Gasteiger partial charge in [-0.3, -0.25) is 0 Å². The average Bonchev–Trinajstić information content (AvgIpc) is 2.47. The van der Waals surface area contributed by atoms with Crippen molar-refractivity contribution in [2.24, 2.45) is 0 Å². The Kier molecular flexibility index (Phi) is 4.52. The van der Waals surface area contributed by atoms with Crippen molar-refractivity contribution in [2.45, 2.75) is 18.0 Å². The van der Waals surface area contributed by atoms with Crippen molar-refractivity contribution < 1.29 is 18.9 Å². The molecular formula is C17H16LiSi. The van der Waals surface area contributed by atoms with Gasteiger partial charge in [-0.05, 0) is 10.8 Å². The van der Waals surface area contributed by atoms with E-state index in [1.807, 2.05) is 0 Å². The second kappa shape index (κ2) is 5.97. The monoisotopic (exact) mass is 255 g/mol. The van der Waals surface area contributed by atoms with Gasteiger partial charge in [0.05, 0.1) is 0 Å². The first kappa shape index (κ1) is 14.4. The first-order valence-electron chi connectivity index (χ1n) is 6.37. The Labute approximate surface area is 129 Å². The Morgan fingerprint density at radius 2 is 1.79 bits per heavy atom. The summed E-state index contributed by atoms with van der Waals surface area (Å²) in [5.41, 5.74) is 1.47. The van der Waals surface area contributed by atoms with E-state index in [4.69, 9.17) is 0 Å². The van der Waals surface area contributed by atoms with Crippen LogP contribution in [0.15, 0.2) is 66.8 Å². The third-order valence-corrected chi connectivity index (χ3v) is 5.32. The van der Waals surface area contributed by atoms with Crippen LogP contribution in [0.2, 0.25) is 6.55 Å². The maximum absolute atomic E-state index is 2.38. The van der Waals surface area contributed by atoms with Gasteiger partial charge in [0.15, 0.2) is 0 Å². The number of hydrogen-bond acceptors (Lipinski definition) is 0. The SMILES string of the molecule is C[Si-]C1(c2cccc3ccccc23)C=CC=CC1.[Li+]. The van der Waals surface area contributed by atoms with Crippen LogP contribution >= 0.6 is 0 Å². The fourth-order valence-electron chi connectivity index (χ4n) is 2.75. The van der Waals surface area contributed by atoms with Crippen LogP contribution < -0.4 is 18.9 Å². The first-order chi connectivity index (χ1) is 8.86. The fourth-order valence-corrected chi connectivity index (χ4v) is 3.83. The van der Waals surface area contributed by atoms with Gasteiger partial charge >= 0.3 is 18.9 Å². The summed E-state index contributed by atoms with van der Waals surface area (Å²) in [5.74, 6) is 0. The molecule has 0 aliphatic heterocycles. The molecule has 0 spiro atoms. The summed E-state index contributed by atoms with van der Waals surface area (Å²) in [6, 6.07) is 15.4. The van der Waals surface area contributed by atoms with Crippen LogP contribution in [-0.4, -0.2) is 9.52 Å². The Hall–Kier alpha value is -1.01. The van der Waals surface area contributed by atoms with Crippen molar-refractivity contribution in [2.75, 3.05) is 0 Å². The molecular weight excluding hydrogens is 239 g/mol. The molecule has 0 bridgehead atoms. The molecule has 1 atom stereocenters. The van der Waals surface area contributed by atoms with Gasteiger partial charge in [-0.1, -0.05) is 72.7 Å². The third-order valence-electron chi connectivity index (χ3n) is 3.78. The van der Waals surface area contributed by atoms with Crippen LogP contribution in [0.4, 0.5) is 0 Å². The third kappa shape index (κ3) is 2.51. The molecule has 0 saturated carbocycles. The molecule has 1 aliphatic carbocycles. The molecule has 2 heteroatoms. The Morgan fingerprint density at radius 3 is 2.53 bits per heavy atom. The summed E-state index contributed by atoms with van der Waals surface area (Å²) in [5, 5.41) is 2.94. The molecule has 2 aromatic carbocycles. The molecule has 3 rings (SSSR count). The Morgan fingerprint density at radius 1 is 1.00 bits per heavy atom. The molecule has 0 heterocycles. The van der Waals surface area contributed by atoms with E-state index in [2.05, 4.69) is 73.3 Å². The van der Waals surface area contributed by atoms with E-state index >= 15 is 0 Å². The fraction of sp³-hybridized carbons (Fsp3) is 0.176. The molecule has 0 amide bonds. The van der Waals surface area contributed by atoms with E-state index in [-0.39, 0.29) is 23.9 Å². The largest absolute Gasteiger partial charge is 1.00 e. The van der Waals surface area contributed by atoms with Crippen LogP contribution in [0.25, 0.3) is 10.8 Å². The van der Waals surface area contributed by atoms with Gasteiger partial charge in [0.25, 0.3) is 0 Å². The maximum Gasteiger partial charge on any atom is 1.00 e. The van der Waals surface area contributed by atoms with Gasteiger partial charge < -0.3 is 9.52 Å². The minimum atomic E-state index is 0. The number of fused-ring (bicyclic) bond motifs is 1. The van der Waals surface area contributed by atoms with Crippen molar-refractivity contribution in [3.63, 3.8) is 0 Å². The summed E-state index contributed by atoms with van der Waals surface area (Å²) in [4.78, 5) is 0. The minimum Gasteiger partial charge on any atom is -0.414 e. The van der Waals surface area contributed by atoms with Crippen molar-refractivity contribution in [3.8, 4) is 0 Å². The van der Waals surface area contributed by atoms with E-state index in [1.54, 1.807) is 0 Å². The standard InChI is InChI=1S/C17H16Si.Li/c1-18-17(12-5-2-6-13-17)16-11-7-9-14-8-3-4-10-15(14)16;/h2-12H,13H2,1H3;/q-1;+1. The van der Waals surface area contributed by atoms with Gasteiger partial charge in [0.1, 0.15) is 0 Å². The first-order valence-corrected chi connectivity index (χ1v) is 7.87. The van der Waals surface area contributed by atoms with Crippen LogP contribution in [0.3, 0.4) is 0 Å². The summed E-state index contributed by atoms with van der Waals surface area (Å²) < 4.78 is 0. The van der Waals surface area contributed by atoms with Gasteiger partial charge in [-0.25, -0.2) is 6.55 Å². The number of rotatable bonds is 2. The topological polar surface area (TPSA) is 0 Å². The molecule has 0 fully saturated rings. The smallest absolute Gasteiger partial charge is 0.414 e. The van der Waals surface area contributed by atoms with Crippen molar-refractivity contribution in [3.05, 3.63) is 72.3 Å². The zero-order chi connectivity index (χ0) is 12.4. The van der Waals surface area contributed by atoms with E-state index in [0.29, 0.717) is 0 Å². The van der Waals surface area contributed by atoms with E-state index in [1.165, 1.54) is 16.3 Å². The van der Waals surface area contributed by atoms with Gasteiger partial charge in [-0.2, -0.15) is 0 Å². The van der Waals surface area contributed by atoms with Crippen LogP contribution in [0, 0.1) is 0 Å². The van der Waals surface area contributed by atoms with Crippen molar-refractivity contribution in [1.82, 2.24) is 0 Å². The van der Waals surface area contributed by atoms with E-state index < -0.39 is 0 Å². The van der Waals surface area contributed by atoms with E-state index in [0.717, 1.165) is 15.9 Å².